The van der Waals surface area contributed by atoms with Crippen molar-refractivity contribution in [1.82, 2.24) is 0 Å². The van der Waals surface area contributed by atoms with E-state index in [9.17, 15) is 15.3 Å². The third-order valence-corrected chi connectivity index (χ3v) is 2.40. The van der Waals surface area contributed by atoms with Crippen molar-refractivity contribution in [2.75, 3.05) is 0 Å². The Morgan fingerprint density at radius 1 is 1.67 bits per heavy atom. The fraction of sp³-hybridized carbons (Fsp3) is 0.167. The molecule has 0 aromatic carbocycles. The van der Waals surface area contributed by atoms with E-state index in [1.807, 2.05) is 0 Å². The van der Waals surface area contributed by atoms with Crippen molar-refractivity contribution in [3.8, 4) is 0 Å². The smallest absolute Gasteiger partial charge is 0.285 e. The van der Waals surface area contributed by atoms with Crippen molar-refractivity contribution < 1.29 is 9.65 Å². The maximum Gasteiger partial charge on any atom is 0.285 e. The lowest BCUT2D eigenvalue weighted by molar-refractivity contribution is -0.618. The minimum absolute atomic E-state index is 0.0611. The number of hydrogen-bond acceptors (Lipinski definition) is 3. The summed E-state index contributed by atoms with van der Waals surface area (Å²) in [4.78, 5) is 9.83. The van der Waals surface area contributed by atoms with E-state index < -0.39 is 4.92 Å². The molecule has 0 amide bonds. The van der Waals surface area contributed by atoms with Gasteiger partial charge in [-0.3, -0.25) is 10.1 Å². The number of hydrogen-bond donors (Lipinski definition) is 0. The van der Waals surface area contributed by atoms with E-state index in [4.69, 9.17) is 0 Å². The van der Waals surface area contributed by atoms with Crippen LogP contribution < -0.4 is 4.73 Å². The SMILES string of the molecule is Cc1c([N+](=O)[O-])cc[n+]([O-])c1Br. The molecule has 5 nitrogen and oxygen atoms in total. The average Bonchev–Trinajstić information content (AvgIpc) is 2.00. The van der Waals surface area contributed by atoms with Gasteiger partial charge in [0, 0.05) is 15.9 Å². The number of halogens is 1. The van der Waals surface area contributed by atoms with Crippen LogP contribution in [0.15, 0.2) is 16.9 Å². The first-order valence-corrected chi connectivity index (χ1v) is 3.86. The molecule has 0 N–H and O–H groups in total. The lowest BCUT2D eigenvalue weighted by Gasteiger charge is -2.00. The summed E-state index contributed by atoms with van der Waals surface area (Å²) >= 11 is 2.94. The third-order valence-electron chi connectivity index (χ3n) is 1.45. The second-order valence-corrected chi connectivity index (χ2v) is 2.95. The lowest BCUT2D eigenvalue weighted by Crippen LogP contribution is -2.28. The van der Waals surface area contributed by atoms with Crippen molar-refractivity contribution in [2.45, 2.75) is 6.92 Å². The predicted molar refractivity (Wildman–Crippen MR) is 44.5 cm³/mol. The van der Waals surface area contributed by atoms with Crippen LogP contribution in [0.5, 0.6) is 0 Å². The molecular weight excluding hydrogens is 228 g/mol. The summed E-state index contributed by atoms with van der Waals surface area (Å²) in [6.07, 6.45) is 1.09. The fourth-order valence-electron chi connectivity index (χ4n) is 0.797. The Bertz CT molecular complexity index is 340. The molecule has 0 radical (unpaired) electrons. The van der Waals surface area contributed by atoms with Gasteiger partial charge in [0.25, 0.3) is 10.3 Å². The van der Waals surface area contributed by atoms with Crippen LogP contribution in [0.25, 0.3) is 0 Å². The van der Waals surface area contributed by atoms with Crippen LogP contribution in [0.1, 0.15) is 5.56 Å². The Labute approximate surface area is 76.5 Å². The molecule has 0 aliphatic heterocycles. The molecule has 1 rings (SSSR count). The Kier molecular flexibility index (Phi) is 2.27. The molecule has 0 atom stereocenters. The minimum Gasteiger partial charge on any atom is -0.618 e. The van der Waals surface area contributed by atoms with Crippen LogP contribution in [-0.4, -0.2) is 4.92 Å². The summed E-state index contributed by atoms with van der Waals surface area (Å²) in [5.41, 5.74) is 0.270. The molecule has 64 valence electrons. The van der Waals surface area contributed by atoms with E-state index in [0.717, 1.165) is 6.20 Å². The second kappa shape index (κ2) is 3.06. The van der Waals surface area contributed by atoms with E-state index in [0.29, 0.717) is 10.3 Å². The van der Waals surface area contributed by atoms with Gasteiger partial charge in [0.15, 0.2) is 6.20 Å². The third kappa shape index (κ3) is 1.38. The standard InChI is InChI=1S/C6H5BrN2O3/c1-4-5(9(11)12)2-3-8(10)6(4)7/h2-3H,1H3. The van der Waals surface area contributed by atoms with Gasteiger partial charge in [-0.25, -0.2) is 0 Å². The zero-order valence-electron chi connectivity index (χ0n) is 6.15. The Morgan fingerprint density at radius 3 is 2.75 bits per heavy atom. The first kappa shape index (κ1) is 8.92. The van der Waals surface area contributed by atoms with E-state index in [1.54, 1.807) is 0 Å². The van der Waals surface area contributed by atoms with Gasteiger partial charge in [-0.05, 0) is 6.92 Å². The molecule has 1 aromatic heterocycles. The highest BCUT2D eigenvalue weighted by atomic mass is 79.9. The van der Waals surface area contributed by atoms with Crippen molar-refractivity contribution in [1.29, 1.82) is 0 Å². The minimum atomic E-state index is -0.528. The largest absolute Gasteiger partial charge is 0.618 e. The Morgan fingerprint density at radius 2 is 2.25 bits per heavy atom. The molecule has 1 heterocycles. The molecule has 6 heteroatoms. The molecule has 0 saturated heterocycles. The highest BCUT2D eigenvalue weighted by Crippen LogP contribution is 2.21. The molecule has 0 saturated carbocycles. The summed E-state index contributed by atoms with van der Waals surface area (Å²) in [5.74, 6) is 0. The molecule has 1 aromatic rings. The summed E-state index contributed by atoms with van der Waals surface area (Å²) in [7, 11) is 0. The van der Waals surface area contributed by atoms with E-state index >= 15 is 0 Å². The fourth-order valence-corrected chi connectivity index (χ4v) is 1.12. The summed E-state index contributed by atoms with van der Waals surface area (Å²) in [6.45, 7) is 1.51. The van der Waals surface area contributed by atoms with Gasteiger partial charge in [-0.15, -0.1) is 0 Å². The number of aromatic nitrogens is 1. The number of pyridine rings is 1. The molecule has 0 aliphatic rings. The van der Waals surface area contributed by atoms with Gasteiger partial charge >= 0.3 is 0 Å². The second-order valence-electron chi connectivity index (χ2n) is 2.20. The molecule has 0 bridgehead atoms. The van der Waals surface area contributed by atoms with Crippen LogP contribution >= 0.6 is 15.9 Å². The normalized spacial score (nSPS) is 9.83. The van der Waals surface area contributed by atoms with Crippen LogP contribution in [0.2, 0.25) is 0 Å². The Hall–Kier alpha value is -1.17. The van der Waals surface area contributed by atoms with Crippen LogP contribution in [0.3, 0.4) is 0 Å². The van der Waals surface area contributed by atoms with Gasteiger partial charge in [-0.1, -0.05) is 0 Å². The molecule has 0 fully saturated rings. The topological polar surface area (TPSA) is 70.1 Å². The Balaban J connectivity index is 3.36. The van der Waals surface area contributed by atoms with Crippen LogP contribution in [-0.2, 0) is 0 Å². The molecule has 0 unspecified atom stereocenters. The van der Waals surface area contributed by atoms with E-state index in [1.165, 1.54) is 13.0 Å². The summed E-state index contributed by atoms with van der Waals surface area (Å²) in [5, 5.41) is 21.2. The van der Waals surface area contributed by atoms with Crippen LogP contribution in [0.4, 0.5) is 5.69 Å². The molecule has 12 heavy (non-hydrogen) atoms. The summed E-state index contributed by atoms with van der Waals surface area (Å²) in [6, 6.07) is 1.17. The quantitative estimate of drug-likeness (QED) is 0.241. The first-order chi connectivity index (χ1) is 5.54. The molecule has 0 aliphatic carbocycles. The number of nitrogens with zero attached hydrogens (tertiary/aromatic N) is 2. The van der Waals surface area contributed by atoms with Gasteiger partial charge < -0.3 is 5.21 Å². The van der Waals surface area contributed by atoms with Crippen molar-refractivity contribution in [3.63, 3.8) is 0 Å². The lowest BCUT2D eigenvalue weighted by atomic mass is 10.3. The van der Waals surface area contributed by atoms with Gasteiger partial charge in [0.05, 0.1) is 11.0 Å². The highest BCUT2D eigenvalue weighted by Gasteiger charge is 2.18. The first-order valence-electron chi connectivity index (χ1n) is 3.06. The predicted octanol–water partition coefficient (Wildman–Crippen LogP) is 1.30. The van der Waals surface area contributed by atoms with Crippen LogP contribution in [0, 0.1) is 22.2 Å². The zero-order chi connectivity index (χ0) is 9.30. The van der Waals surface area contributed by atoms with E-state index in [2.05, 4.69) is 15.9 Å². The van der Waals surface area contributed by atoms with Crippen molar-refractivity contribution in [3.05, 3.63) is 37.8 Å². The maximum atomic E-state index is 10.9. The number of rotatable bonds is 1. The zero-order valence-corrected chi connectivity index (χ0v) is 7.74. The summed E-state index contributed by atoms with van der Waals surface area (Å²) < 4.78 is 0.708. The van der Waals surface area contributed by atoms with Gasteiger partial charge in [0.2, 0.25) is 0 Å². The van der Waals surface area contributed by atoms with Crippen molar-refractivity contribution >= 4 is 21.6 Å². The van der Waals surface area contributed by atoms with Crippen molar-refractivity contribution in [2.24, 2.45) is 0 Å². The molecule has 0 spiro atoms. The maximum absolute atomic E-state index is 10.9. The highest BCUT2D eigenvalue weighted by molar-refractivity contribution is 9.10. The average molecular weight is 233 g/mol. The monoisotopic (exact) mass is 232 g/mol. The van der Waals surface area contributed by atoms with Gasteiger partial charge in [-0.2, -0.15) is 4.73 Å². The van der Waals surface area contributed by atoms with E-state index in [-0.39, 0.29) is 10.3 Å². The van der Waals surface area contributed by atoms with Gasteiger partial charge in [0.1, 0.15) is 5.56 Å². The molecular formula is C6H5BrN2O3. The number of nitro groups is 1.